The number of thioether (sulfide) groups is 1. The van der Waals surface area contributed by atoms with Crippen LogP contribution in [0.25, 0.3) is 0 Å². The molecular formula is C15H13BrF3NS. The van der Waals surface area contributed by atoms with Crippen LogP contribution in [-0.4, -0.2) is 5.76 Å². The monoisotopic (exact) mass is 375 g/mol. The van der Waals surface area contributed by atoms with E-state index in [1.165, 1.54) is 6.07 Å². The zero-order chi connectivity index (χ0) is 15.4. The normalized spacial score (nSPS) is 12.5. The van der Waals surface area contributed by atoms with E-state index in [9.17, 15) is 13.2 Å². The van der Waals surface area contributed by atoms with E-state index in [0.717, 1.165) is 0 Å². The highest BCUT2D eigenvalue weighted by molar-refractivity contribution is 9.10. The van der Waals surface area contributed by atoms with Crippen molar-refractivity contribution >= 4 is 33.4 Å². The van der Waals surface area contributed by atoms with Gasteiger partial charge in [-0.05, 0) is 31.2 Å². The molecule has 0 aliphatic heterocycles. The molecule has 0 aliphatic carbocycles. The Morgan fingerprint density at radius 2 is 1.86 bits per heavy atom. The Labute approximate surface area is 134 Å². The Morgan fingerprint density at radius 1 is 1.14 bits per heavy atom. The van der Waals surface area contributed by atoms with Crippen molar-refractivity contribution in [3.8, 4) is 0 Å². The van der Waals surface area contributed by atoms with Crippen molar-refractivity contribution in [3.63, 3.8) is 0 Å². The lowest BCUT2D eigenvalue weighted by molar-refractivity contribution is 0.252. The van der Waals surface area contributed by atoms with E-state index in [-0.39, 0.29) is 11.9 Å². The van der Waals surface area contributed by atoms with Crippen LogP contribution in [0.2, 0.25) is 0 Å². The van der Waals surface area contributed by atoms with Gasteiger partial charge in [0.05, 0.1) is 6.04 Å². The molecule has 0 aliphatic rings. The number of hydrogen-bond donors (Lipinski definition) is 1. The zero-order valence-corrected chi connectivity index (χ0v) is 13.5. The molecule has 1 atom stereocenters. The van der Waals surface area contributed by atoms with Gasteiger partial charge in [-0.15, -0.1) is 0 Å². The molecule has 0 amide bonds. The van der Waals surface area contributed by atoms with Crippen LogP contribution in [0.4, 0.5) is 18.9 Å². The van der Waals surface area contributed by atoms with Crippen molar-refractivity contribution in [1.29, 1.82) is 0 Å². The molecule has 0 saturated heterocycles. The molecule has 0 saturated carbocycles. The van der Waals surface area contributed by atoms with E-state index in [1.807, 2.05) is 0 Å². The average molecular weight is 376 g/mol. The lowest BCUT2D eigenvalue weighted by Gasteiger charge is -2.19. The standard InChI is InChI=1S/C15H13BrF3NS/c1-9(11-7-6-10(16)8-12(11)17)20-13-4-2-3-5-14(13)21-15(18)19/h2-9,15,20H,1H3. The van der Waals surface area contributed by atoms with Gasteiger partial charge in [-0.25, -0.2) is 4.39 Å². The van der Waals surface area contributed by atoms with Crippen LogP contribution in [0.5, 0.6) is 0 Å². The number of alkyl halides is 2. The first-order chi connectivity index (χ1) is 9.97. The molecule has 1 unspecified atom stereocenters. The number of anilines is 1. The second-order valence-electron chi connectivity index (χ2n) is 4.41. The van der Waals surface area contributed by atoms with Crippen LogP contribution in [0.3, 0.4) is 0 Å². The number of rotatable bonds is 5. The quantitative estimate of drug-likeness (QED) is 0.635. The first-order valence-electron chi connectivity index (χ1n) is 6.22. The van der Waals surface area contributed by atoms with Gasteiger partial charge in [-0.2, -0.15) is 8.78 Å². The third kappa shape index (κ3) is 4.41. The first-order valence-corrected chi connectivity index (χ1v) is 7.90. The smallest absolute Gasteiger partial charge is 0.288 e. The van der Waals surface area contributed by atoms with Crippen molar-refractivity contribution in [3.05, 3.63) is 58.3 Å². The summed E-state index contributed by atoms with van der Waals surface area (Å²) in [6.07, 6.45) is 0. The van der Waals surface area contributed by atoms with Crippen LogP contribution >= 0.6 is 27.7 Å². The minimum Gasteiger partial charge on any atom is -0.378 e. The molecule has 2 aromatic rings. The highest BCUT2D eigenvalue weighted by Crippen LogP contribution is 2.34. The first kappa shape index (κ1) is 16.2. The van der Waals surface area contributed by atoms with Gasteiger partial charge >= 0.3 is 0 Å². The summed E-state index contributed by atoms with van der Waals surface area (Å²) >= 11 is 3.68. The summed E-state index contributed by atoms with van der Waals surface area (Å²) in [6, 6.07) is 11.2. The third-order valence-corrected chi connectivity index (χ3v) is 4.19. The Balaban J connectivity index is 2.21. The molecule has 6 heteroatoms. The second kappa shape index (κ2) is 7.22. The maximum absolute atomic E-state index is 13.9. The van der Waals surface area contributed by atoms with Crippen LogP contribution in [0.1, 0.15) is 18.5 Å². The number of halogens is 4. The fraction of sp³-hybridized carbons (Fsp3) is 0.200. The van der Waals surface area contributed by atoms with Gasteiger partial charge in [0.25, 0.3) is 5.76 Å². The van der Waals surface area contributed by atoms with E-state index in [2.05, 4.69) is 21.2 Å². The van der Waals surface area contributed by atoms with Crippen molar-refractivity contribution in [2.75, 3.05) is 5.32 Å². The van der Waals surface area contributed by atoms with Gasteiger partial charge in [-0.3, -0.25) is 0 Å². The molecule has 0 fully saturated rings. The summed E-state index contributed by atoms with van der Waals surface area (Å²) in [5.74, 6) is -2.84. The van der Waals surface area contributed by atoms with E-state index in [0.29, 0.717) is 32.4 Å². The van der Waals surface area contributed by atoms with Crippen LogP contribution in [0, 0.1) is 5.82 Å². The van der Waals surface area contributed by atoms with E-state index < -0.39 is 5.76 Å². The Morgan fingerprint density at radius 3 is 2.52 bits per heavy atom. The predicted molar refractivity (Wildman–Crippen MR) is 84.4 cm³/mol. The average Bonchev–Trinajstić information content (AvgIpc) is 2.40. The van der Waals surface area contributed by atoms with Crippen LogP contribution < -0.4 is 5.32 Å². The molecule has 2 aromatic carbocycles. The number of hydrogen-bond acceptors (Lipinski definition) is 2. The summed E-state index contributed by atoms with van der Waals surface area (Å²) in [6.45, 7) is 1.79. The van der Waals surface area contributed by atoms with Gasteiger partial charge in [-0.1, -0.05) is 45.9 Å². The van der Waals surface area contributed by atoms with E-state index >= 15 is 0 Å². The minimum absolute atomic E-state index is 0.336. The summed E-state index contributed by atoms with van der Waals surface area (Å²) in [5, 5.41) is 3.08. The number of benzene rings is 2. The molecule has 2 rings (SSSR count). The summed E-state index contributed by atoms with van der Waals surface area (Å²) in [4.78, 5) is 0.442. The molecule has 0 heterocycles. The second-order valence-corrected chi connectivity index (χ2v) is 6.35. The highest BCUT2D eigenvalue weighted by atomic mass is 79.9. The maximum Gasteiger partial charge on any atom is 0.288 e. The Kier molecular flexibility index (Phi) is 5.58. The lowest BCUT2D eigenvalue weighted by Crippen LogP contribution is -2.09. The molecule has 0 aromatic heterocycles. The van der Waals surface area contributed by atoms with Gasteiger partial charge in [0, 0.05) is 20.6 Å². The van der Waals surface area contributed by atoms with Crippen molar-refractivity contribution in [2.24, 2.45) is 0 Å². The molecule has 1 N–H and O–H groups in total. The fourth-order valence-electron chi connectivity index (χ4n) is 1.95. The topological polar surface area (TPSA) is 12.0 Å². The fourth-order valence-corrected chi connectivity index (χ4v) is 2.88. The maximum atomic E-state index is 13.9. The highest BCUT2D eigenvalue weighted by Gasteiger charge is 2.14. The summed E-state index contributed by atoms with van der Waals surface area (Å²) in [5.41, 5.74) is 1.05. The summed E-state index contributed by atoms with van der Waals surface area (Å²) in [7, 11) is 0. The minimum atomic E-state index is -2.49. The lowest BCUT2D eigenvalue weighted by atomic mass is 10.1. The molecule has 0 bridgehead atoms. The SMILES string of the molecule is CC(Nc1ccccc1SC(F)F)c1ccc(Br)cc1F. The van der Waals surface area contributed by atoms with Crippen molar-refractivity contribution < 1.29 is 13.2 Å². The van der Waals surface area contributed by atoms with Gasteiger partial charge in [0.1, 0.15) is 5.82 Å². The third-order valence-electron chi connectivity index (χ3n) is 2.90. The predicted octanol–water partition coefficient (Wildman–Crippen LogP) is 6.08. The van der Waals surface area contributed by atoms with Crippen molar-refractivity contribution in [2.45, 2.75) is 23.6 Å². The van der Waals surface area contributed by atoms with E-state index in [1.54, 1.807) is 43.3 Å². The van der Waals surface area contributed by atoms with Crippen LogP contribution in [-0.2, 0) is 0 Å². The number of nitrogens with one attached hydrogen (secondary N) is 1. The molecular weight excluding hydrogens is 363 g/mol. The molecule has 0 radical (unpaired) electrons. The molecule has 1 nitrogen and oxygen atoms in total. The van der Waals surface area contributed by atoms with Gasteiger partial charge in [0.2, 0.25) is 0 Å². The summed E-state index contributed by atoms with van der Waals surface area (Å²) < 4.78 is 39.7. The molecule has 0 spiro atoms. The van der Waals surface area contributed by atoms with E-state index in [4.69, 9.17) is 0 Å². The van der Waals surface area contributed by atoms with Gasteiger partial charge < -0.3 is 5.32 Å². The van der Waals surface area contributed by atoms with Gasteiger partial charge in [0.15, 0.2) is 0 Å². The Bertz CT molecular complexity index is 622. The molecule has 21 heavy (non-hydrogen) atoms. The number of para-hydroxylation sites is 1. The Hall–Kier alpha value is -1.14. The van der Waals surface area contributed by atoms with Crippen molar-refractivity contribution in [1.82, 2.24) is 0 Å². The molecule has 112 valence electrons. The largest absolute Gasteiger partial charge is 0.378 e. The zero-order valence-electron chi connectivity index (χ0n) is 11.1. The van der Waals surface area contributed by atoms with Crippen LogP contribution in [0.15, 0.2) is 51.8 Å².